The van der Waals surface area contributed by atoms with Crippen LogP contribution in [-0.4, -0.2) is 76.3 Å². The van der Waals surface area contributed by atoms with Crippen molar-refractivity contribution >= 4 is 20.0 Å². The third-order valence-corrected chi connectivity index (χ3v) is 6.24. The average Bonchev–Trinajstić information content (AvgIpc) is 2.37. The first-order valence-electron chi connectivity index (χ1n) is 6.37. The van der Waals surface area contributed by atoms with E-state index in [2.05, 4.69) is 9.66 Å². The zero-order valence-electron chi connectivity index (χ0n) is 11.7. The summed E-state index contributed by atoms with van der Waals surface area (Å²) in [5.74, 6) is 0. The smallest absolute Gasteiger partial charge is 0.366 e. The monoisotopic (exact) mass is 406 g/mol. The van der Waals surface area contributed by atoms with Crippen molar-refractivity contribution in [2.45, 2.75) is 11.0 Å². The molecule has 0 aromatic carbocycles. The summed E-state index contributed by atoms with van der Waals surface area (Å²) in [4.78, 5) is 5.73. The Balaban J connectivity index is 2.14. The highest BCUT2D eigenvalue weighted by Crippen LogP contribution is 2.41. The van der Waals surface area contributed by atoms with Crippen LogP contribution in [0.25, 0.3) is 9.66 Å². The van der Waals surface area contributed by atoms with Crippen LogP contribution in [0, 0.1) is 0 Å². The van der Waals surface area contributed by atoms with E-state index in [9.17, 15) is 43.2 Å². The van der Waals surface area contributed by atoms with Crippen molar-refractivity contribution in [1.29, 1.82) is 0 Å². The van der Waals surface area contributed by atoms with Gasteiger partial charge in [-0.2, -0.15) is 26.3 Å². The molecular weight excluding hydrogens is 394 g/mol. The predicted octanol–water partition coefficient (Wildman–Crippen LogP) is 0.924. The number of quaternary nitrogens is 2. The van der Waals surface area contributed by atoms with Crippen LogP contribution in [0.4, 0.5) is 26.3 Å². The SMILES string of the molecule is O=S(=O)([N-][N+]12CC[N+]([N-]S(=O)(=O)C(F)(F)F)(CC1)CC2)C(F)(F)F. The van der Waals surface area contributed by atoms with Crippen LogP contribution >= 0.6 is 0 Å². The van der Waals surface area contributed by atoms with Crippen LogP contribution < -0.4 is 0 Å². The maximum absolute atomic E-state index is 12.4. The number of sulfonamides is 2. The van der Waals surface area contributed by atoms with Crippen molar-refractivity contribution in [3.05, 3.63) is 9.66 Å². The second-order valence-corrected chi connectivity index (χ2v) is 8.69. The van der Waals surface area contributed by atoms with E-state index in [0.717, 1.165) is 0 Å². The summed E-state index contributed by atoms with van der Waals surface area (Å²) < 4.78 is 117. The molecule has 3 rings (SSSR count). The summed E-state index contributed by atoms with van der Waals surface area (Å²) in [6.07, 6.45) is 0. The molecule has 0 amide bonds. The molecule has 0 spiro atoms. The van der Waals surface area contributed by atoms with Gasteiger partial charge in [-0.1, -0.05) is 0 Å². The molecule has 16 heteroatoms. The molecule has 0 saturated carbocycles. The summed E-state index contributed by atoms with van der Waals surface area (Å²) >= 11 is 0. The molecule has 3 aliphatic heterocycles. The van der Waals surface area contributed by atoms with Gasteiger partial charge in [-0.3, -0.25) is 0 Å². The number of piperazine rings is 3. The van der Waals surface area contributed by atoms with Gasteiger partial charge in [0.05, 0.1) is 0 Å². The number of hydrogen-bond acceptors (Lipinski definition) is 4. The standard InChI is InChI=1S/C8H12F6N4O4S2/c9-7(10,11)23(19,20)15-17-1-2-18(5-3-17,6-4-17)16-24(21,22)8(12,13)14/h1-6H2. The van der Waals surface area contributed by atoms with Gasteiger partial charge >= 0.3 is 11.0 Å². The lowest BCUT2D eigenvalue weighted by atomic mass is 10.2. The molecule has 0 N–H and O–H groups in total. The number of rotatable bonds is 4. The highest BCUT2D eigenvalue weighted by molar-refractivity contribution is 7.94. The van der Waals surface area contributed by atoms with Gasteiger partial charge in [0.15, 0.2) is 0 Å². The summed E-state index contributed by atoms with van der Waals surface area (Å²) in [6, 6.07) is 0. The molecule has 0 aromatic heterocycles. The highest BCUT2D eigenvalue weighted by atomic mass is 32.2. The van der Waals surface area contributed by atoms with Gasteiger partial charge in [-0.05, 0) is 0 Å². The Morgan fingerprint density at radius 3 is 0.958 bits per heavy atom. The van der Waals surface area contributed by atoms with Crippen molar-refractivity contribution in [1.82, 2.24) is 0 Å². The van der Waals surface area contributed by atoms with E-state index in [1.54, 1.807) is 0 Å². The number of halogens is 6. The third-order valence-electron chi connectivity index (χ3n) is 3.94. The molecule has 0 unspecified atom stereocenters. The minimum atomic E-state index is -5.76. The van der Waals surface area contributed by atoms with E-state index in [1.807, 2.05) is 0 Å². The Bertz CT molecular complexity index is 629. The lowest BCUT2D eigenvalue weighted by Crippen LogP contribution is -2.72. The number of hydrogen-bond donors (Lipinski definition) is 0. The molecule has 2 bridgehead atoms. The van der Waals surface area contributed by atoms with Crippen LogP contribution in [0.2, 0.25) is 0 Å². The second-order valence-electron chi connectivity index (χ2n) is 5.54. The van der Waals surface area contributed by atoms with E-state index in [-0.39, 0.29) is 39.3 Å². The fourth-order valence-corrected chi connectivity index (χ4v) is 4.17. The fraction of sp³-hybridized carbons (Fsp3) is 1.00. The lowest BCUT2D eigenvalue weighted by Gasteiger charge is -2.63. The second kappa shape index (κ2) is 5.41. The average molecular weight is 406 g/mol. The molecule has 3 saturated heterocycles. The molecule has 3 heterocycles. The molecule has 0 radical (unpaired) electrons. The first kappa shape index (κ1) is 19.6. The Morgan fingerprint density at radius 2 is 0.792 bits per heavy atom. The van der Waals surface area contributed by atoms with Crippen LogP contribution in [0.3, 0.4) is 0 Å². The summed E-state index contributed by atoms with van der Waals surface area (Å²) in [7, 11) is -11.5. The molecule has 0 aromatic rings. The summed E-state index contributed by atoms with van der Waals surface area (Å²) in [5, 5.41) is 0. The predicted molar refractivity (Wildman–Crippen MR) is 66.4 cm³/mol. The van der Waals surface area contributed by atoms with Gasteiger partial charge in [-0.15, -0.1) is 0 Å². The van der Waals surface area contributed by atoms with E-state index in [1.165, 1.54) is 0 Å². The molecule has 8 nitrogen and oxygen atoms in total. The minimum absolute atomic E-state index is 0.369. The van der Waals surface area contributed by atoms with E-state index in [0.29, 0.717) is 0 Å². The van der Waals surface area contributed by atoms with Crippen molar-refractivity contribution in [2.75, 3.05) is 39.3 Å². The Morgan fingerprint density at radius 1 is 0.583 bits per heavy atom. The van der Waals surface area contributed by atoms with Crippen LogP contribution in [0.1, 0.15) is 0 Å². The first-order chi connectivity index (χ1) is 10.5. The first-order valence-corrected chi connectivity index (χ1v) is 9.25. The number of alkyl halides is 6. The van der Waals surface area contributed by atoms with Crippen molar-refractivity contribution in [3.8, 4) is 0 Å². The zero-order valence-corrected chi connectivity index (χ0v) is 13.4. The molecule has 0 aliphatic carbocycles. The number of fused-ring (bicyclic) bond motifs is 3. The van der Waals surface area contributed by atoms with Crippen LogP contribution in [-0.2, 0) is 20.0 Å². The molecule has 0 atom stereocenters. The largest absolute Gasteiger partial charge is 0.483 e. The normalized spacial score (nSPS) is 32.1. The molecule has 3 fully saturated rings. The molecule has 3 aliphatic rings. The van der Waals surface area contributed by atoms with Crippen molar-refractivity contribution < 1.29 is 52.4 Å². The molecule has 142 valence electrons. The van der Waals surface area contributed by atoms with Crippen molar-refractivity contribution in [3.63, 3.8) is 0 Å². The Kier molecular flexibility index (Phi) is 4.42. The Hall–Kier alpha value is -0.680. The van der Waals surface area contributed by atoms with Gasteiger partial charge in [0, 0.05) is 0 Å². The highest BCUT2D eigenvalue weighted by Gasteiger charge is 2.51. The van der Waals surface area contributed by atoms with Gasteiger partial charge in [0.2, 0.25) is 20.0 Å². The zero-order chi connectivity index (χ0) is 18.7. The summed E-state index contributed by atoms with van der Waals surface area (Å²) in [6.45, 7) is -2.21. The van der Waals surface area contributed by atoms with Crippen LogP contribution in [0.15, 0.2) is 0 Å². The fourth-order valence-electron chi connectivity index (χ4n) is 2.58. The van der Waals surface area contributed by atoms with E-state index < -0.39 is 40.2 Å². The molecular formula is C8H12F6N4O4S2. The van der Waals surface area contributed by atoms with Crippen molar-refractivity contribution in [2.24, 2.45) is 0 Å². The maximum atomic E-state index is 12.4. The van der Waals surface area contributed by atoms with Gasteiger partial charge in [0.1, 0.15) is 39.3 Å². The molecule has 24 heavy (non-hydrogen) atoms. The number of nitrogens with zero attached hydrogens (tertiary/aromatic N) is 4. The summed E-state index contributed by atoms with van der Waals surface area (Å²) in [5.41, 5.74) is -11.2. The maximum Gasteiger partial charge on any atom is 0.483 e. The van der Waals surface area contributed by atoms with E-state index >= 15 is 0 Å². The Labute approximate surface area is 133 Å². The van der Waals surface area contributed by atoms with Gasteiger partial charge in [-0.25, -0.2) is 16.8 Å². The van der Waals surface area contributed by atoms with E-state index in [4.69, 9.17) is 0 Å². The minimum Gasteiger partial charge on any atom is -0.366 e. The van der Waals surface area contributed by atoms with Crippen LogP contribution in [0.5, 0.6) is 0 Å². The van der Waals surface area contributed by atoms with Gasteiger partial charge in [0.25, 0.3) is 0 Å². The topological polar surface area (TPSA) is 96.5 Å². The quantitative estimate of drug-likeness (QED) is 0.512. The van der Waals surface area contributed by atoms with Gasteiger partial charge < -0.3 is 18.8 Å². The third kappa shape index (κ3) is 3.48. The lowest BCUT2D eigenvalue weighted by molar-refractivity contribution is -1.04.